The maximum Gasteiger partial charge on any atom is 0.328 e. The molecule has 0 aromatic carbocycles. The second-order valence-electron chi connectivity index (χ2n) is 6.72. The predicted octanol–water partition coefficient (Wildman–Crippen LogP) is 3.82. The highest BCUT2D eigenvalue weighted by Crippen LogP contribution is 2.32. The van der Waals surface area contributed by atoms with Gasteiger partial charge in [-0.15, -0.1) is 0 Å². The number of nitrogens with zero attached hydrogens (tertiary/aromatic N) is 3. The van der Waals surface area contributed by atoms with Gasteiger partial charge in [0, 0.05) is 32.0 Å². The molecule has 2 aromatic rings. The Kier molecular flexibility index (Phi) is 4.30. The van der Waals surface area contributed by atoms with Crippen molar-refractivity contribution in [3.05, 3.63) is 24.0 Å². The summed E-state index contributed by atoms with van der Waals surface area (Å²) >= 11 is 0. The quantitative estimate of drug-likeness (QED) is 0.926. The van der Waals surface area contributed by atoms with Gasteiger partial charge in [0.2, 0.25) is 5.91 Å². The first-order chi connectivity index (χ1) is 11.4. The molecule has 1 aliphatic heterocycles. The fraction of sp³-hybridized carbons (Fsp3) is 0.500. The number of carbonyl (C=O) groups excluding carboxylic acids is 2. The molecule has 3 heterocycles. The highest BCUT2D eigenvalue weighted by Gasteiger charge is 2.25. The van der Waals surface area contributed by atoms with Gasteiger partial charge in [-0.25, -0.2) is 9.78 Å². The second kappa shape index (κ2) is 6.26. The van der Waals surface area contributed by atoms with E-state index in [0.717, 1.165) is 23.1 Å². The molecule has 1 atom stereocenters. The lowest BCUT2D eigenvalue weighted by Crippen LogP contribution is -2.49. The Morgan fingerprint density at radius 2 is 2.08 bits per heavy atom. The molecule has 6 nitrogen and oxygen atoms in total. The lowest BCUT2D eigenvalue weighted by atomic mass is 10.0. The smallest absolute Gasteiger partial charge is 0.328 e. The average molecular weight is 330 g/mol. The number of hydrogen-bond acceptors (Lipinski definition) is 3. The first-order valence-corrected chi connectivity index (χ1v) is 8.54. The Morgan fingerprint density at radius 1 is 1.33 bits per heavy atom. The summed E-state index contributed by atoms with van der Waals surface area (Å²) in [5, 5.41) is 3.44. The van der Waals surface area contributed by atoms with Crippen LogP contribution in [0.3, 0.4) is 0 Å². The third-order valence-electron chi connectivity index (χ3n) is 4.74. The van der Waals surface area contributed by atoms with Crippen molar-refractivity contribution in [3.63, 3.8) is 0 Å². The molecule has 0 spiro atoms. The molecular weight excluding hydrogens is 304 g/mol. The topological polar surface area (TPSA) is 67.2 Å². The van der Waals surface area contributed by atoms with Crippen molar-refractivity contribution in [2.45, 2.75) is 52.5 Å². The zero-order valence-electron chi connectivity index (χ0n) is 14.7. The number of imide groups is 1. The summed E-state index contributed by atoms with van der Waals surface area (Å²) in [5.74, 6) is 0.141. The molecule has 130 valence electrons. The van der Waals surface area contributed by atoms with Crippen LogP contribution in [0.1, 0.15) is 59.5 Å². The Hall–Kier alpha value is -2.37. The number of carbonyl (C=O) groups is 2. The van der Waals surface area contributed by atoms with Crippen LogP contribution in [0.5, 0.6) is 0 Å². The second-order valence-corrected chi connectivity index (χ2v) is 6.72. The summed E-state index contributed by atoms with van der Waals surface area (Å²) in [6, 6.07) is 2.01. The monoisotopic (exact) mass is 330 g/mol. The maximum absolute atomic E-state index is 12.1. The number of urea groups is 1. The van der Waals surface area contributed by atoms with E-state index in [1.54, 1.807) is 11.1 Å². The number of amides is 3. The summed E-state index contributed by atoms with van der Waals surface area (Å²) in [4.78, 5) is 29.6. The minimum atomic E-state index is -0.375. The molecule has 0 bridgehead atoms. The first-order valence-electron chi connectivity index (χ1n) is 8.54. The van der Waals surface area contributed by atoms with Crippen LogP contribution in [-0.4, -0.2) is 28.0 Å². The minimum absolute atomic E-state index is 0. The van der Waals surface area contributed by atoms with Gasteiger partial charge in [0.25, 0.3) is 0 Å². The lowest BCUT2D eigenvalue weighted by molar-refractivity contribution is -0.120. The van der Waals surface area contributed by atoms with E-state index in [0.29, 0.717) is 24.9 Å². The normalized spacial score (nSPS) is 16.8. The summed E-state index contributed by atoms with van der Waals surface area (Å²) in [6.45, 7) is 9.06. The third kappa shape index (κ3) is 2.77. The van der Waals surface area contributed by atoms with E-state index < -0.39 is 0 Å². The number of anilines is 1. The van der Waals surface area contributed by atoms with Crippen LogP contribution >= 0.6 is 0 Å². The van der Waals surface area contributed by atoms with Crippen LogP contribution in [0.15, 0.2) is 18.5 Å². The number of aromatic nitrogens is 2. The Balaban J connectivity index is 0.00000225. The van der Waals surface area contributed by atoms with Gasteiger partial charge >= 0.3 is 6.03 Å². The van der Waals surface area contributed by atoms with Gasteiger partial charge in [-0.2, -0.15) is 0 Å². The summed E-state index contributed by atoms with van der Waals surface area (Å²) < 4.78 is 2.22. The molecule has 6 heteroatoms. The molecule has 3 rings (SSSR count). The number of rotatable bonds is 4. The molecule has 1 saturated heterocycles. The van der Waals surface area contributed by atoms with Crippen molar-refractivity contribution in [1.82, 2.24) is 14.9 Å². The van der Waals surface area contributed by atoms with Gasteiger partial charge in [0.1, 0.15) is 5.65 Å². The van der Waals surface area contributed by atoms with Gasteiger partial charge in [0.15, 0.2) is 0 Å². The van der Waals surface area contributed by atoms with E-state index in [9.17, 15) is 9.59 Å². The van der Waals surface area contributed by atoms with Gasteiger partial charge in [-0.1, -0.05) is 20.8 Å². The Bertz CT molecular complexity index is 800. The molecule has 1 N–H and O–H groups in total. The number of hydrogen-bond donors (Lipinski definition) is 1. The molecule has 3 amide bonds. The van der Waals surface area contributed by atoms with E-state index in [-0.39, 0.29) is 13.4 Å². The van der Waals surface area contributed by atoms with Gasteiger partial charge < -0.3 is 4.57 Å². The molecule has 0 aliphatic carbocycles. The number of nitrogens with one attached hydrogen (secondary N) is 1. The molecule has 1 unspecified atom stereocenters. The van der Waals surface area contributed by atoms with Crippen molar-refractivity contribution in [2.24, 2.45) is 0 Å². The van der Waals surface area contributed by atoms with Crippen molar-refractivity contribution < 1.29 is 11.0 Å². The van der Waals surface area contributed by atoms with Crippen LogP contribution in [-0.2, 0) is 4.79 Å². The molecule has 0 saturated carbocycles. The first kappa shape index (κ1) is 16.5. The molecule has 0 radical (unpaired) electrons. The van der Waals surface area contributed by atoms with E-state index in [1.807, 2.05) is 6.07 Å². The fourth-order valence-corrected chi connectivity index (χ4v) is 3.10. The zero-order chi connectivity index (χ0) is 17.4. The van der Waals surface area contributed by atoms with Crippen LogP contribution in [0.4, 0.5) is 10.5 Å². The van der Waals surface area contributed by atoms with E-state index in [1.165, 1.54) is 5.56 Å². The van der Waals surface area contributed by atoms with Crippen LogP contribution < -0.4 is 10.2 Å². The van der Waals surface area contributed by atoms with Crippen molar-refractivity contribution >= 4 is 28.7 Å². The Morgan fingerprint density at radius 3 is 2.71 bits per heavy atom. The number of fused-ring (bicyclic) bond motifs is 1. The van der Waals surface area contributed by atoms with E-state index >= 15 is 0 Å². The maximum atomic E-state index is 12.1. The van der Waals surface area contributed by atoms with E-state index in [4.69, 9.17) is 0 Å². The predicted molar refractivity (Wildman–Crippen MR) is 96.4 cm³/mol. The van der Waals surface area contributed by atoms with Crippen LogP contribution in [0, 0.1) is 0 Å². The van der Waals surface area contributed by atoms with Crippen molar-refractivity contribution in [3.8, 4) is 0 Å². The van der Waals surface area contributed by atoms with Crippen LogP contribution in [0.2, 0.25) is 0 Å². The zero-order valence-corrected chi connectivity index (χ0v) is 14.7. The van der Waals surface area contributed by atoms with Gasteiger partial charge in [-0.3, -0.25) is 15.0 Å². The van der Waals surface area contributed by atoms with Crippen LogP contribution in [0.25, 0.3) is 11.0 Å². The molecule has 24 heavy (non-hydrogen) atoms. The minimum Gasteiger partial charge on any atom is -0.329 e. The molecule has 1 fully saturated rings. The molecular formula is C18H26N4O2. The van der Waals surface area contributed by atoms with Gasteiger partial charge in [-0.05, 0) is 30.9 Å². The number of pyridine rings is 1. The lowest BCUT2D eigenvalue weighted by Gasteiger charge is -2.26. The average Bonchev–Trinajstić information content (AvgIpc) is 2.93. The third-order valence-corrected chi connectivity index (χ3v) is 4.74. The summed E-state index contributed by atoms with van der Waals surface area (Å²) in [7, 11) is 0. The van der Waals surface area contributed by atoms with Gasteiger partial charge in [0.05, 0.1) is 11.9 Å². The summed E-state index contributed by atoms with van der Waals surface area (Å²) in [6.07, 6.45) is 5.25. The largest absolute Gasteiger partial charge is 0.329 e. The molecule has 1 aliphatic rings. The Labute approximate surface area is 143 Å². The highest BCUT2D eigenvalue weighted by molar-refractivity contribution is 6.06. The summed E-state index contributed by atoms with van der Waals surface area (Å²) in [5.41, 5.74) is 2.91. The van der Waals surface area contributed by atoms with Crippen molar-refractivity contribution in [1.29, 1.82) is 0 Å². The molecule has 2 aromatic heterocycles. The van der Waals surface area contributed by atoms with E-state index in [2.05, 4.69) is 48.8 Å². The SMILES string of the molecule is CCC(C)n1cc(C(C)C)c2cc(N3CCC(=O)NC3=O)cnc21.[HH]. The standard InChI is InChI=1S/C18H24N4O2.H2/c1-5-12(4)22-10-15(11(2)3)14-8-13(9-19-17(14)22)21-7-6-16(23)20-18(21)24;/h8-12H,5-7H2,1-4H3,(H,20,23,24);1H. The highest BCUT2D eigenvalue weighted by atomic mass is 16.2. The fourth-order valence-electron chi connectivity index (χ4n) is 3.10. The van der Waals surface area contributed by atoms with Crippen molar-refractivity contribution in [2.75, 3.05) is 11.4 Å².